The second-order valence-corrected chi connectivity index (χ2v) is 9.92. The number of anilines is 2. The molecule has 0 saturated carbocycles. The van der Waals surface area contributed by atoms with Gasteiger partial charge in [-0.15, -0.1) is 0 Å². The van der Waals surface area contributed by atoms with Gasteiger partial charge >= 0.3 is 0 Å². The molecule has 156 valence electrons. The summed E-state index contributed by atoms with van der Waals surface area (Å²) in [6.45, 7) is 0.754. The predicted molar refractivity (Wildman–Crippen MR) is 109 cm³/mol. The van der Waals surface area contributed by atoms with Gasteiger partial charge in [-0.3, -0.25) is 9.59 Å². The van der Waals surface area contributed by atoms with Crippen molar-refractivity contribution in [3.63, 3.8) is 0 Å². The predicted octanol–water partition coefficient (Wildman–Crippen LogP) is 0.643. The molecule has 1 aromatic carbocycles. The van der Waals surface area contributed by atoms with E-state index in [9.17, 15) is 18.0 Å². The molecule has 3 aliphatic heterocycles. The average molecular weight is 420 g/mol. The van der Waals surface area contributed by atoms with Gasteiger partial charge in [0.05, 0.1) is 29.8 Å². The van der Waals surface area contributed by atoms with Crippen molar-refractivity contribution < 1.29 is 22.7 Å². The summed E-state index contributed by atoms with van der Waals surface area (Å²) in [5, 5.41) is 5.52. The Labute approximate surface area is 169 Å². The molecule has 1 atom stereocenters. The maximum Gasteiger partial charge on any atom is 0.274 e. The summed E-state index contributed by atoms with van der Waals surface area (Å²) in [7, 11) is 0.703. The summed E-state index contributed by atoms with van der Waals surface area (Å²) in [5.41, 5.74) is 1.91. The molecule has 29 heavy (non-hydrogen) atoms. The number of carbonyl (C=O) groups excluding carboxylic acids is 2. The number of ether oxygens (including phenoxy) is 1. The minimum atomic E-state index is -3.16. The highest BCUT2D eigenvalue weighted by Gasteiger charge is 2.38. The number of fused-ring (bicyclic) bond motifs is 1. The lowest BCUT2D eigenvalue weighted by molar-refractivity contribution is -0.133. The molecular formula is C19H24N4O5S. The van der Waals surface area contributed by atoms with Crippen LogP contribution in [0.4, 0.5) is 11.4 Å². The summed E-state index contributed by atoms with van der Waals surface area (Å²) in [5.74, 6) is 0.0667. The van der Waals surface area contributed by atoms with Crippen LogP contribution in [0.1, 0.15) is 19.3 Å². The first kappa shape index (κ1) is 19.7. The first-order valence-corrected chi connectivity index (χ1v) is 11.4. The Morgan fingerprint density at radius 1 is 1.28 bits per heavy atom. The van der Waals surface area contributed by atoms with Gasteiger partial charge in [-0.25, -0.2) is 13.4 Å². The molecule has 0 aromatic heterocycles. The number of rotatable bonds is 3. The van der Waals surface area contributed by atoms with Crippen LogP contribution >= 0.6 is 0 Å². The van der Waals surface area contributed by atoms with Gasteiger partial charge in [0.25, 0.3) is 5.91 Å². The fourth-order valence-electron chi connectivity index (χ4n) is 3.83. The van der Waals surface area contributed by atoms with E-state index in [1.54, 1.807) is 4.90 Å². The summed E-state index contributed by atoms with van der Waals surface area (Å²) in [4.78, 5) is 29.1. The standard InChI is InChI=1S/C19H24N4O5S/c1-21(2)13-3-5-16-17(11-13)28-9-8-22(16)19(25)15-4-6-18(24)23(20-15)14-7-10-29(26,27)12-14/h3,5,11,14H,4,6-10,12H2,1-2H3/t14-/m1/s1. The summed E-state index contributed by atoms with van der Waals surface area (Å²) >= 11 is 0. The Morgan fingerprint density at radius 2 is 2.07 bits per heavy atom. The van der Waals surface area contributed by atoms with Gasteiger partial charge in [0, 0.05) is 38.7 Å². The SMILES string of the molecule is CN(C)c1ccc2c(c1)OCCN2C(=O)C1=NN([C@@H]2CCS(=O)(=O)C2)C(=O)CC1. The quantitative estimate of drug-likeness (QED) is 0.712. The van der Waals surface area contributed by atoms with Gasteiger partial charge < -0.3 is 14.5 Å². The second-order valence-electron chi connectivity index (χ2n) is 7.69. The lowest BCUT2D eigenvalue weighted by Crippen LogP contribution is -2.47. The maximum atomic E-state index is 13.2. The molecule has 4 rings (SSSR count). The first-order valence-electron chi connectivity index (χ1n) is 9.61. The van der Waals surface area contributed by atoms with Crippen LogP contribution in [-0.2, 0) is 19.4 Å². The van der Waals surface area contributed by atoms with Crippen molar-refractivity contribution in [2.24, 2.45) is 5.10 Å². The number of benzene rings is 1. The van der Waals surface area contributed by atoms with Gasteiger partial charge in [-0.05, 0) is 18.6 Å². The fraction of sp³-hybridized carbons (Fsp3) is 0.526. The van der Waals surface area contributed by atoms with Gasteiger partial charge in [0.15, 0.2) is 9.84 Å². The van der Waals surface area contributed by atoms with E-state index in [2.05, 4.69) is 5.10 Å². The molecule has 10 heteroatoms. The van der Waals surface area contributed by atoms with Crippen LogP contribution in [0.3, 0.4) is 0 Å². The number of hydrogen-bond acceptors (Lipinski definition) is 7. The summed E-state index contributed by atoms with van der Waals surface area (Å²) in [6.07, 6.45) is 0.751. The molecular weight excluding hydrogens is 396 g/mol. The molecule has 1 aromatic rings. The van der Waals surface area contributed by atoms with Crippen LogP contribution < -0.4 is 14.5 Å². The monoisotopic (exact) mass is 420 g/mol. The van der Waals surface area contributed by atoms with E-state index < -0.39 is 15.9 Å². The Morgan fingerprint density at radius 3 is 2.76 bits per heavy atom. The topological polar surface area (TPSA) is 99.6 Å². The zero-order valence-electron chi connectivity index (χ0n) is 16.5. The van der Waals surface area contributed by atoms with Crippen molar-refractivity contribution in [1.29, 1.82) is 0 Å². The first-order chi connectivity index (χ1) is 13.7. The highest BCUT2D eigenvalue weighted by Crippen LogP contribution is 2.35. The third kappa shape index (κ3) is 3.81. The van der Waals surface area contributed by atoms with E-state index in [4.69, 9.17) is 4.74 Å². The van der Waals surface area contributed by atoms with Crippen molar-refractivity contribution in [3.05, 3.63) is 18.2 Å². The largest absolute Gasteiger partial charge is 0.489 e. The number of sulfone groups is 1. The fourth-order valence-corrected chi connectivity index (χ4v) is 5.52. The van der Waals surface area contributed by atoms with E-state index in [1.807, 2.05) is 37.2 Å². The number of amides is 2. The molecule has 1 saturated heterocycles. The van der Waals surface area contributed by atoms with Gasteiger partial charge in [-0.1, -0.05) is 0 Å². The smallest absolute Gasteiger partial charge is 0.274 e. The highest BCUT2D eigenvalue weighted by molar-refractivity contribution is 7.91. The number of nitrogens with zero attached hydrogens (tertiary/aromatic N) is 4. The highest BCUT2D eigenvalue weighted by atomic mass is 32.2. The summed E-state index contributed by atoms with van der Waals surface area (Å²) in [6, 6.07) is 5.15. The molecule has 1 fully saturated rings. The van der Waals surface area contributed by atoms with Crippen molar-refractivity contribution >= 4 is 38.7 Å². The van der Waals surface area contributed by atoms with E-state index in [0.29, 0.717) is 31.0 Å². The van der Waals surface area contributed by atoms with Crippen LogP contribution in [0.15, 0.2) is 23.3 Å². The molecule has 0 bridgehead atoms. The summed E-state index contributed by atoms with van der Waals surface area (Å²) < 4.78 is 29.3. The average Bonchev–Trinajstić information content (AvgIpc) is 3.06. The third-order valence-corrected chi connectivity index (χ3v) is 7.18. The van der Waals surface area contributed by atoms with Crippen LogP contribution in [0.2, 0.25) is 0 Å². The van der Waals surface area contributed by atoms with Crippen molar-refractivity contribution in [2.45, 2.75) is 25.3 Å². The van der Waals surface area contributed by atoms with Crippen LogP contribution in [0.5, 0.6) is 5.75 Å². The Hall–Kier alpha value is -2.62. The van der Waals surface area contributed by atoms with Gasteiger partial charge in [0.1, 0.15) is 18.1 Å². The van der Waals surface area contributed by atoms with Gasteiger partial charge in [-0.2, -0.15) is 5.10 Å². The van der Waals surface area contributed by atoms with E-state index in [0.717, 1.165) is 5.69 Å². The van der Waals surface area contributed by atoms with Crippen molar-refractivity contribution in [1.82, 2.24) is 5.01 Å². The zero-order chi connectivity index (χ0) is 20.8. The molecule has 0 spiro atoms. The number of hydrogen-bond donors (Lipinski definition) is 0. The minimum absolute atomic E-state index is 0.0469. The molecule has 2 amide bonds. The van der Waals surface area contributed by atoms with E-state index >= 15 is 0 Å². The lowest BCUT2D eigenvalue weighted by Gasteiger charge is -2.33. The third-order valence-electron chi connectivity index (χ3n) is 5.43. The van der Waals surface area contributed by atoms with Crippen LogP contribution in [0, 0.1) is 0 Å². The number of carbonyl (C=O) groups is 2. The lowest BCUT2D eigenvalue weighted by atomic mass is 10.1. The van der Waals surface area contributed by atoms with Crippen LogP contribution in [0.25, 0.3) is 0 Å². The number of hydrazone groups is 1. The Kier molecular flexibility index (Phi) is 4.97. The second kappa shape index (κ2) is 7.33. The Balaban J connectivity index is 1.60. The molecule has 0 unspecified atom stereocenters. The maximum absolute atomic E-state index is 13.2. The van der Waals surface area contributed by atoms with Crippen molar-refractivity contribution in [2.75, 3.05) is 48.6 Å². The molecule has 3 heterocycles. The normalized spacial score (nSPS) is 23.3. The molecule has 0 N–H and O–H groups in total. The molecule has 9 nitrogen and oxygen atoms in total. The Bertz CT molecular complexity index is 988. The molecule has 3 aliphatic rings. The minimum Gasteiger partial charge on any atom is -0.489 e. The molecule has 0 radical (unpaired) electrons. The van der Waals surface area contributed by atoms with E-state index in [1.165, 1.54) is 5.01 Å². The van der Waals surface area contributed by atoms with Gasteiger partial charge in [0.2, 0.25) is 5.91 Å². The van der Waals surface area contributed by atoms with Crippen molar-refractivity contribution in [3.8, 4) is 5.75 Å². The van der Waals surface area contributed by atoms with E-state index in [-0.39, 0.29) is 41.9 Å². The zero-order valence-corrected chi connectivity index (χ0v) is 17.3. The van der Waals surface area contributed by atoms with Crippen LogP contribution in [-0.4, -0.2) is 75.7 Å². The molecule has 0 aliphatic carbocycles.